The molecule has 2 rings (SSSR count). The van der Waals surface area contributed by atoms with Gasteiger partial charge in [-0.1, -0.05) is 43.0 Å². The van der Waals surface area contributed by atoms with E-state index in [1.54, 1.807) is 24.4 Å². The predicted molar refractivity (Wildman–Crippen MR) is 96.3 cm³/mol. The van der Waals surface area contributed by atoms with Crippen LogP contribution in [0, 0.1) is 0 Å². The van der Waals surface area contributed by atoms with Crippen LogP contribution >= 0.6 is 0 Å². The molecule has 116 valence electrons. The third-order valence-electron chi connectivity index (χ3n) is 3.22. The van der Waals surface area contributed by atoms with Gasteiger partial charge in [0.1, 0.15) is 5.82 Å². The lowest BCUT2D eigenvalue weighted by molar-refractivity contribution is 0.100. The predicted octanol–water partition coefficient (Wildman–Crippen LogP) is 3.84. The summed E-state index contributed by atoms with van der Waals surface area (Å²) >= 11 is 0. The van der Waals surface area contributed by atoms with Gasteiger partial charge in [-0.15, -0.1) is 0 Å². The monoisotopic (exact) mass is 305 g/mol. The van der Waals surface area contributed by atoms with Gasteiger partial charge in [-0.25, -0.2) is 4.99 Å². The molecule has 23 heavy (non-hydrogen) atoms. The molecule has 0 heterocycles. The molecule has 2 aromatic rings. The molecule has 2 aromatic carbocycles. The number of benzene rings is 2. The van der Waals surface area contributed by atoms with E-state index < -0.39 is 5.91 Å². The Kier molecular flexibility index (Phi) is 5.47. The summed E-state index contributed by atoms with van der Waals surface area (Å²) in [5, 5.41) is 3.02. The van der Waals surface area contributed by atoms with Gasteiger partial charge in [0, 0.05) is 17.5 Å². The van der Waals surface area contributed by atoms with Crippen molar-refractivity contribution >= 4 is 23.4 Å². The molecule has 4 nitrogen and oxygen atoms in total. The van der Waals surface area contributed by atoms with E-state index in [9.17, 15) is 4.79 Å². The molecule has 1 amide bonds. The lowest BCUT2D eigenvalue weighted by Gasteiger charge is -2.06. The highest BCUT2D eigenvalue weighted by Gasteiger charge is 2.01. The Morgan fingerprint density at radius 1 is 1.13 bits per heavy atom. The maximum absolute atomic E-state index is 11.2. The first kappa shape index (κ1) is 16.2. The quantitative estimate of drug-likeness (QED) is 0.796. The lowest BCUT2D eigenvalue weighted by atomic mass is 10.1. The van der Waals surface area contributed by atoms with Crippen LogP contribution in [0.3, 0.4) is 0 Å². The molecule has 0 saturated heterocycles. The van der Waals surface area contributed by atoms with Crippen molar-refractivity contribution in [1.82, 2.24) is 0 Å². The van der Waals surface area contributed by atoms with Crippen LogP contribution in [0.25, 0.3) is 5.57 Å². The third kappa shape index (κ3) is 4.97. The molecule has 3 N–H and O–H groups in total. The van der Waals surface area contributed by atoms with E-state index in [1.165, 1.54) is 0 Å². The number of rotatable bonds is 6. The van der Waals surface area contributed by atoms with Crippen LogP contribution in [0.1, 0.15) is 22.8 Å². The average Bonchev–Trinajstić information content (AvgIpc) is 2.55. The molecule has 0 aliphatic rings. The van der Waals surface area contributed by atoms with Gasteiger partial charge < -0.3 is 11.1 Å². The molecule has 0 aromatic heterocycles. The summed E-state index contributed by atoms with van der Waals surface area (Å²) < 4.78 is 0. The minimum Gasteiger partial charge on any atom is -0.366 e. The molecule has 4 heteroatoms. The Hall–Kier alpha value is -3.14. The maximum Gasteiger partial charge on any atom is 0.248 e. The van der Waals surface area contributed by atoms with E-state index in [1.807, 2.05) is 49.4 Å². The first-order valence-electron chi connectivity index (χ1n) is 7.18. The van der Waals surface area contributed by atoms with Gasteiger partial charge in [0.2, 0.25) is 5.91 Å². The van der Waals surface area contributed by atoms with E-state index >= 15 is 0 Å². The molecular weight excluding hydrogens is 286 g/mol. The number of allylic oxidation sites excluding steroid dienone is 2. The van der Waals surface area contributed by atoms with Crippen LogP contribution < -0.4 is 11.1 Å². The summed E-state index contributed by atoms with van der Waals surface area (Å²) in [6.07, 6.45) is 3.61. The van der Waals surface area contributed by atoms with E-state index in [0.717, 1.165) is 11.1 Å². The largest absolute Gasteiger partial charge is 0.366 e. The number of hydrogen-bond donors (Lipinski definition) is 2. The smallest absolute Gasteiger partial charge is 0.248 e. The van der Waals surface area contributed by atoms with Crippen LogP contribution in [0.2, 0.25) is 0 Å². The van der Waals surface area contributed by atoms with Crippen molar-refractivity contribution in [1.29, 1.82) is 0 Å². The summed E-state index contributed by atoms with van der Waals surface area (Å²) in [7, 11) is 0. The standard InChI is InChI=1S/C19H19N3O/c1-14(16-7-4-3-5-8-16)11-12-21-15(2)22-18-10-6-9-17(13-18)19(20)23/h3-13,22H,2H2,1H3,(H2,20,23)/b14-11+,21-12-. The van der Waals surface area contributed by atoms with Crippen molar-refractivity contribution < 1.29 is 4.79 Å². The van der Waals surface area contributed by atoms with Crippen molar-refractivity contribution in [3.63, 3.8) is 0 Å². The van der Waals surface area contributed by atoms with Gasteiger partial charge >= 0.3 is 0 Å². The zero-order valence-corrected chi connectivity index (χ0v) is 13.0. The van der Waals surface area contributed by atoms with Crippen molar-refractivity contribution in [2.75, 3.05) is 5.32 Å². The van der Waals surface area contributed by atoms with Crippen molar-refractivity contribution in [3.05, 3.63) is 84.2 Å². The van der Waals surface area contributed by atoms with Crippen LogP contribution in [0.5, 0.6) is 0 Å². The summed E-state index contributed by atoms with van der Waals surface area (Å²) in [6, 6.07) is 16.9. The lowest BCUT2D eigenvalue weighted by Crippen LogP contribution is -2.11. The molecule has 0 atom stereocenters. The zero-order chi connectivity index (χ0) is 16.7. The molecule has 0 fully saturated rings. The molecule has 0 saturated carbocycles. The summed E-state index contributed by atoms with van der Waals surface area (Å²) in [5.74, 6) is 0.00733. The zero-order valence-electron chi connectivity index (χ0n) is 13.0. The SMILES string of the molecule is C=C(/N=C\C=C(/C)c1ccccc1)Nc1cccc(C(N)=O)c1. The van der Waals surface area contributed by atoms with E-state index in [4.69, 9.17) is 5.73 Å². The number of nitrogens with zero attached hydrogens (tertiary/aromatic N) is 1. The second-order valence-corrected chi connectivity index (χ2v) is 5.01. The number of anilines is 1. The molecule has 0 radical (unpaired) electrons. The number of aliphatic imine (C=N–C) groups is 1. The second kappa shape index (κ2) is 7.75. The highest BCUT2D eigenvalue weighted by Crippen LogP contribution is 2.13. The third-order valence-corrected chi connectivity index (χ3v) is 3.22. The highest BCUT2D eigenvalue weighted by atomic mass is 16.1. The summed E-state index contributed by atoms with van der Waals surface area (Å²) in [6.45, 7) is 5.86. The topological polar surface area (TPSA) is 67.5 Å². The number of primary amides is 1. The minimum absolute atomic E-state index is 0.437. The Morgan fingerprint density at radius 2 is 1.83 bits per heavy atom. The van der Waals surface area contributed by atoms with E-state index in [0.29, 0.717) is 17.1 Å². The maximum atomic E-state index is 11.2. The number of hydrogen-bond acceptors (Lipinski definition) is 3. The number of carbonyl (C=O) groups excluding carboxylic acids is 1. The molecule has 0 unspecified atom stereocenters. The number of nitrogens with one attached hydrogen (secondary N) is 1. The normalized spacial score (nSPS) is 11.4. The van der Waals surface area contributed by atoms with Gasteiger partial charge in [0.05, 0.1) is 0 Å². The molecule has 0 aliphatic carbocycles. The van der Waals surface area contributed by atoms with Crippen LogP contribution in [-0.2, 0) is 0 Å². The molecule has 0 bridgehead atoms. The Labute approximate surface area is 136 Å². The fourth-order valence-corrected chi connectivity index (χ4v) is 1.99. The average molecular weight is 305 g/mol. The van der Waals surface area contributed by atoms with E-state index in [-0.39, 0.29) is 0 Å². The Morgan fingerprint density at radius 3 is 2.52 bits per heavy atom. The Bertz CT molecular complexity index is 761. The van der Waals surface area contributed by atoms with Gasteiger partial charge in [0.15, 0.2) is 0 Å². The first-order valence-corrected chi connectivity index (χ1v) is 7.18. The molecular formula is C19H19N3O. The number of nitrogens with two attached hydrogens (primary N) is 1. The Balaban J connectivity index is 1.99. The van der Waals surface area contributed by atoms with Gasteiger partial charge in [-0.3, -0.25) is 4.79 Å². The molecule has 0 aliphatic heterocycles. The van der Waals surface area contributed by atoms with Gasteiger partial charge in [-0.2, -0.15) is 0 Å². The first-order chi connectivity index (χ1) is 11.1. The fraction of sp³-hybridized carbons (Fsp3) is 0.0526. The van der Waals surface area contributed by atoms with Crippen molar-refractivity contribution in [2.24, 2.45) is 10.7 Å². The minimum atomic E-state index is -0.468. The number of carbonyl (C=O) groups is 1. The molecule has 0 spiro atoms. The van der Waals surface area contributed by atoms with Crippen LogP contribution in [0.4, 0.5) is 5.69 Å². The van der Waals surface area contributed by atoms with Crippen LogP contribution in [-0.4, -0.2) is 12.1 Å². The van der Waals surface area contributed by atoms with Crippen molar-refractivity contribution in [3.8, 4) is 0 Å². The summed E-state index contributed by atoms with van der Waals surface area (Å²) in [5.41, 5.74) is 8.66. The van der Waals surface area contributed by atoms with Gasteiger partial charge in [-0.05, 0) is 42.3 Å². The fourth-order valence-electron chi connectivity index (χ4n) is 1.99. The van der Waals surface area contributed by atoms with E-state index in [2.05, 4.69) is 16.9 Å². The second-order valence-electron chi connectivity index (χ2n) is 5.01. The number of amides is 1. The van der Waals surface area contributed by atoms with Crippen LogP contribution in [0.15, 0.2) is 78.1 Å². The van der Waals surface area contributed by atoms with Crippen molar-refractivity contribution in [2.45, 2.75) is 6.92 Å². The van der Waals surface area contributed by atoms with Gasteiger partial charge in [0.25, 0.3) is 0 Å². The highest BCUT2D eigenvalue weighted by molar-refractivity contribution is 5.93. The summed E-state index contributed by atoms with van der Waals surface area (Å²) in [4.78, 5) is 15.4.